The molecule has 50 valence electrons. The third-order valence-electron chi connectivity index (χ3n) is 1.17. The second kappa shape index (κ2) is 2.21. The van der Waals surface area contributed by atoms with Crippen molar-refractivity contribution in [2.24, 2.45) is 0 Å². The third-order valence-corrected chi connectivity index (χ3v) is 1.17. The van der Waals surface area contributed by atoms with E-state index in [0.29, 0.717) is 0 Å². The fourth-order valence-corrected chi connectivity index (χ4v) is 0.609. The zero-order chi connectivity index (χ0) is 6.85. The average Bonchev–Trinajstić information content (AvgIpc) is 2.40. The Morgan fingerprint density at radius 3 is 2.33 bits per heavy atom. The Bertz CT molecular complexity index is 152. The molecular weight excluding hydrogens is 114 g/mol. The van der Waals surface area contributed by atoms with Crippen LogP contribution < -0.4 is 0 Å². The van der Waals surface area contributed by atoms with Crippen LogP contribution >= 0.6 is 0 Å². The summed E-state index contributed by atoms with van der Waals surface area (Å²) in [5.41, 5.74) is 1.08. The summed E-state index contributed by atoms with van der Waals surface area (Å²) in [4.78, 5) is 12.7. The average molecular weight is 125 g/mol. The second-order valence-electron chi connectivity index (χ2n) is 2.55. The summed E-state index contributed by atoms with van der Waals surface area (Å²) < 4.78 is 0. The number of carbonyl (C=O) groups excluding carboxylic acids is 1. The fourth-order valence-electron chi connectivity index (χ4n) is 0.609. The molecular formula is C7H11NO. The molecule has 1 aliphatic heterocycles. The van der Waals surface area contributed by atoms with E-state index in [4.69, 9.17) is 0 Å². The molecule has 1 saturated heterocycles. The van der Waals surface area contributed by atoms with Crippen LogP contribution in [0, 0.1) is 0 Å². The quantitative estimate of drug-likeness (QED) is 0.375. The number of carbonyl (C=O) groups is 1. The molecule has 0 N–H and O–H groups in total. The first-order valence-electron chi connectivity index (χ1n) is 3.14. The Kier molecular flexibility index (Phi) is 1.56. The largest absolute Gasteiger partial charge is 0.336 e. The Hall–Kier alpha value is -0.790. The zero-order valence-corrected chi connectivity index (χ0v) is 5.85. The lowest BCUT2D eigenvalue weighted by molar-refractivity contribution is -0.120. The molecule has 0 aromatic rings. The number of allylic oxidation sites excluding steroid dienone is 1. The number of hydrogen-bond acceptors (Lipinski definition) is 1. The van der Waals surface area contributed by atoms with E-state index < -0.39 is 0 Å². The molecule has 0 aliphatic carbocycles. The van der Waals surface area contributed by atoms with E-state index in [2.05, 4.69) is 0 Å². The minimum Gasteiger partial charge on any atom is -0.336 e. The third kappa shape index (κ3) is 1.88. The topological polar surface area (TPSA) is 20.1 Å². The molecule has 1 heterocycles. The van der Waals surface area contributed by atoms with E-state index in [0.717, 1.165) is 18.7 Å². The molecule has 0 aromatic carbocycles. The van der Waals surface area contributed by atoms with Gasteiger partial charge in [0, 0.05) is 19.2 Å². The van der Waals surface area contributed by atoms with Gasteiger partial charge in [0.25, 0.3) is 0 Å². The van der Waals surface area contributed by atoms with Gasteiger partial charge in [-0.05, 0) is 13.8 Å². The van der Waals surface area contributed by atoms with Crippen LogP contribution in [0.25, 0.3) is 0 Å². The molecule has 2 nitrogen and oxygen atoms in total. The summed E-state index contributed by atoms with van der Waals surface area (Å²) in [6.45, 7) is 5.76. The van der Waals surface area contributed by atoms with Gasteiger partial charge in [0.15, 0.2) is 0 Å². The molecule has 1 aliphatic rings. The predicted molar refractivity (Wildman–Crippen MR) is 36.0 cm³/mol. The van der Waals surface area contributed by atoms with Crippen molar-refractivity contribution in [2.75, 3.05) is 13.1 Å². The van der Waals surface area contributed by atoms with Gasteiger partial charge in [-0.25, -0.2) is 0 Å². The summed E-state index contributed by atoms with van der Waals surface area (Å²) in [7, 11) is 0. The van der Waals surface area contributed by atoms with E-state index in [1.54, 1.807) is 11.0 Å². The first kappa shape index (κ1) is 6.33. The van der Waals surface area contributed by atoms with Crippen molar-refractivity contribution in [3.8, 4) is 0 Å². The van der Waals surface area contributed by atoms with Crippen molar-refractivity contribution in [3.63, 3.8) is 0 Å². The normalized spacial score (nSPS) is 15.1. The van der Waals surface area contributed by atoms with Gasteiger partial charge >= 0.3 is 0 Å². The number of rotatable bonds is 1. The maximum atomic E-state index is 10.9. The summed E-state index contributed by atoms with van der Waals surface area (Å²) in [6, 6.07) is 0. The maximum Gasteiger partial charge on any atom is 0.246 e. The molecule has 0 radical (unpaired) electrons. The summed E-state index contributed by atoms with van der Waals surface area (Å²) in [5, 5.41) is 0. The lowest BCUT2D eigenvalue weighted by Gasteiger charge is -1.92. The minimum atomic E-state index is 0.162. The Labute approximate surface area is 55.2 Å². The first-order chi connectivity index (χ1) is 4.20. The molecule has 9 heavy (non-hydrogen) atoms. The number of hydrogen-bond donors (Lipinski definition) is 0. The monoisotopic (exact) mass is 125 g/mol. The molecule has 1 fully saturated rings. The van der Waals surface area contributed by atoms with E-state index in [9.17, 15) is 4.79 Å². The van der Waals surface area contributed by atoms with Gasteiger partial charge in [-0.3, -0.25) is 4.79 Å². The van der Waals surface area contributed by atoms with Crippen LogP contribution in [0.15, 0.2) is 11.6 Å². The van der Waals surface area contributed by atoms with E-state index in [-0.39, 0.29) is 5.91 Å². The van der Waals surface area contributed by atoms with E-state index in [1.165, 1.54) is 0 Å². The minimum absolute atomic E-state index is 0.162. The van der Waals surface area contributed by atoms with Crippen LogP contribution in [-0.4, -0.2) is 23.9 Å². The lowest BCUT2D eigenvalue weighted by Crippen LogP contribution is -2.05. The predicted octanol–water partition coefficient (Wildman–Crippen LogP) is 0.795. The Morgan fingerprint density at radius 1 is 1.44 bits per heavy atom. The van der Waals surface area contributed by atoms with Gasteiger partial charge in [0.05, 0.1) is 0 Å². The fraction of sp³-hybridized carbons (Fsp3) is 0.571. The van der Waals surface area contributed by atoms with Crippen molar-refractivity contribution in [2.45, 2.75) is 13.8 Å². The van der Waals surface area contributed by atoms with Gasteiger partial charge in [-0.1, -0.05) is 5.57 Å². The maximum absolute atomic E-state index is 10.9. The van der Waals surface area contributed by atoms with Crippen LogP contribution in [0.3, 0.4) is 0 Å². The van der Waals surface area contributed by atoms with Crippen LogP contribution in [0.4, 0.5) is 0 Å². The van der Waals surface area contributed by atoms with Crippen molar-refractivity contribution >= 4 is 5.91 Å². The molecule has 2 heteroatoms. The molecule has 0 saturated carbocycles. The highest BCUT2D eigenvalue weighted by Crippen LogP contribution is 2.05. The van der Waals surface area contributed by atoms with Crippen LogP contribution in [0.2, 0.25) is 0 Å². The molecule has 1 amide bonds. The van der Waals surface area contributed by atoms with Crippen LogP contribution in [-0.2, 0) is 4.79 Å². The van der Waals surface area contributed by atoms with Crippen molar-refractivity contribution in [3.05, 3.63) is 11.6 Å². The first-order valence-corrected chi connectivity index (χ1v) is 3.14. The summed E-state index contributed by atoms with van der Waals surface area (Å²) in [5.74, 6) is 0.162. The molecule has 0 spiro atoms. The Morgan fingerprint density at radius 2 is 2.00 bits per heavy atom. The molecule has 1 rings (SSSR count). The van der Waals surface area contributed by atoms with Crippen LogP contribution in [0.1, 0.15) is 13.8 Å². The zero-order valence-electron chi connectivity index (χ0n) is 5.85. The standard InChI is InChI=1S/C7H11NO/c1-6(2)5-7(9)8-3-4-8/h5H,3-4H2,1-2H3. The highest BCUT2D eigenvalue weighted by atomic mass is 16.2. The lowest BCUT2D eigenvalue weighted by atomic mass is 10.3. The number of nitrogens with zero attached hydrogens (tertiary/aromatic N) is 1. The van der Waals surface area contributed by atoms with Gasteiger partial charge in [0.2, 0.25) is 5.91 Å². The molecule has 0 unspecified atom stereocenters. The van der Waals surface area contributed by atoms with Gasteiger partial charge in [0.1, 0.15) is 0 Å². The smallest absolute Gasteiger partial charge is 0.246 e. The number of amides is 1. The second-order valence-corrected chi connectivity index (χ2v) is 2.55. The molecule has 0 atom stereocenters. The van der Waals surface area contributed by atoms with Crippen molar-refractivity contribution in [1.29, 1.82) is 0 Å². The van der Waals surface area contributed by atoms with Gasteiger partial charge in [-0.15, -0.1) is 0 Å². The van der Waals surface area contributed by atoms with E-state index in [1.807, 2.05) is 13.8 Å². The van der Waals surface area contributed by atoms with Crippen molar-refractivity contribution in [1.82, 2.24) is 4.90 Å². The van der Waals surface area contributed by atoms with Crippen molar-refractivity contribution < 1.29 is 4.79 Å². The van der Waals surface area contributed by atoms with E-state index >= 15 is 0 Å². The summed E-state index contributed by atoms with van der Waals surface area (Å²) >= 11 is 0. The highest BCUT2D eigenvalue weighted by molar-refractivity contribution is 5.89. The SMILES string of the molecule is CC(C)=CC(=O)N1CC1. The highest BCUT2D eigenvalue weighted by Gasteiger charge is 2.21. The Balaban J connectivity index is 2.42. The molecule has 0 bridgehead atoms. The molecule has 0 aromatic heterocycles. The van der Waals surface area contributed by atoms with Gasteiger partial charge < -0.3 is 4.90 Å². The summed E-state index contributed by atoms with van der Waals surface area (Å²) in [6.07, 6.45) is 1.67. The van der Waals surface area contributed by atoms with Crippen LogP contribution in [0.5, 0.6) is 0 Å². The van der Waals surface area contributed by atoms with Gasteiger partial charge in [-0.2, -0.15) is 0 Å².